The van der Waals surface area contributed by atoms with Gasteiger partial charge in [-0.2, -0.15) is 0 Å². The number of methoxy groups -OCH3 is 1. The maximum atomic E-state index is 11.6. The largest absolute Gasteiger partial charge is 0.456 e. The van der Waals surface area contributed by atoms with Crippen LogP contribution in [0.2, 0.25) is 0 Å². The minimum Gasteiger partial charge on any atom is -0.456 e. The zero-order valence-electron chi connectivity index (χ0n) is 12.5. The fraction of sp³-hybridized carbons (Fsp3) is 0.750. The highest BCUT2D eigenvalue weighted by Gasteiger charge is 2.42. The highest BCUT2D eigenvalue weighted by atomic mass is 31.2. The molecule has 0 aromatic rings. The number of nitrogens with zero attached hydrogens (tertiary/aromatic N) is 1. The van der Waals surface area contributed by atoms with Gasteiger partial charge in [-0.05, 0) is 6.92 Å². The molecule has 0 aromatic carbocycles. The van der Waals surface area contributed by atoms with E-state index in [1.54, 1.807) is 21.0 Å². The maximum Gasteiger partial charge on any atom is 0.382 e. The summed E-state index contributed by atoms with van der Waals surface area (Å²) in [5.41, 5.74) is 0.293. The Morgan fingerprint density at radius 1 is 1.35 bits per heavy atom. The van der Waals surface area contributed by atoms with E-state index in [9.17, 15) is 19.1 Å². The van der Waals surface area contributed by atoms with Gasteiger partial charge in [-0.3, -0.25) is 4.57 Å². The number of ether oxygens (including phenoxy) is 2. The van der Waals surface area contributed by atoms with Crippen LogP contribution in [0.3, 0.4) is 0 Å². The topological polar surface area (TPSA) is 93.1 Å². The molecule has 0 spiro atoms. The van der Waals surface area contributed by atoms with E-state index in [-0.39, 0.29) is 24.1 Å². The normalized spacial score (nSPS) is 13.9. The lowest BCUT2D eigenvalue weighted by molar-refractivity contribution is -0.903. The molecule has 7 nitrogen and oxygen atoms in total. The summed E-state index contributed by atoms with van der Waals surface area (Å²) in [7, 11) is 0.579. The summed E-state index contributed by atoms with van der Waals surface area (Å²) < 4.78 is 21.5. The number of hydrogen-bond donors (Lipinski definition) is 2. The molecule has 2 N–H and O–H groups in total. The molecule has 0 bridgehead atoms. The molecule has 118 valence electrons. The third-order valence-electron chi connectivity index (χ3n) is 3.02. The van der Waals surface area contributed by atoms with E-state index in [1.165, 1.54) is 7.11 Å². The van der Waals surface area contributed by atoms with Crippen molar-refractivity contribution in [1.82, 2.24) is 0 Å². The van der Waals surface area contributed by atoms with Gasteiger partial charge in [0.05, 0.1) is 20.7 Å². The highest BCUT2D eigenvalue weighted by molar-refractivity contribution is 7.52. The van der Waals surface area contributed by atoms with Gasteiger partial charge in [0.15, 0.2) is 5.78 Å². The molecule has 0 rings (SSSR count). The average Bonchev–Trinajstić information content (AvgIpc) is 2.26. The predicted octanol–water partition coefficient (Wildman–Crippen LogP) is 0.722. The van der Waals surface area contributed by atoms with Crippen molar-refractivity contribution in [3.63, 3.8) is 0 Å². The second-order valence-electron chi connectivity index (χ2n) is 5.27. The minimum absolute atomic E-state index is 0.0388. The quantitative estimate of drug-likeness (QED) is 0.282. The standard InChI is InChI=1S/C12H24NO6P/c1-10(2)12(14)19-9-7-13(3,4)11(6-8-18-5)20(15,16)17/h11H,1,6-9H2,2-5H3,(H-,15,16,17)/p+1. The number of quaternary nitrogens is 1. The van der Waals surface area contributed by atoms with Crippen molar-refractivity contribution in [2.24, 2.45) is 0 Å². The van der Waals surface area contributed by atoms with Gasteiger partial charge in [0.1, 0.15) is 13.2 Å². The number of hydrogen-bond acceptors (Lipinski definition) is 4. The zero-order chi connectivity index (χ0) is 16.0. The zero-order valence-corrected chi connectivity index (χ0v) is 13.4. The Hall–Kier alpha value is -0.720. The van der Waals surface area contributed by atoms with Crippen molar-refractivity contribution < 1.29 is 33.1 Å². The average molecular weight is 310 g/mol. The molecule has 0 radical (unpaired) electrons. The monoisotopic (exact) mass is 310 g/mol. The summed E-state index contributed by atoms with van der Waals surface area (Å²) in [5.74, 6) is -1.40. The summed E-state index contributed by atoms with van der Waals surface area (Å²) in [6.45, 7) is 5.62. The first kappa shape index (κ1) is 19.3. The van der Waals surface area contributed by atoms with E-state index in [1.807, 2.05) is 0 Å². The first-order valence-electron chi connectivity index (χ1n) is 6.22. The summed E-state index contributed by atoms with van der Waals surface area (Å²) >= 11 is 0. The molecular weight excluding hydrogens is 285 g/mol. The van der Waals surface area contributed by atoms with Gasteiger partial charge >= 0.3 is 13.6 Å². The lowest BCUT2D eigenvalue weighted by Crippen LogP contribution is -2.51. The van der Waals surface area contributed by atoms with Crippen molar-refractivity contribution in [2.75, 3.05) is 41.0 Å². The van der Waals surface area contributed by atoms with Gasteiger partial charge in [0, 0.05) is 19.1 Å². The Labute approximate surface area is 119 Å². The van der Waals surface area contributed by atoms with Crippen molar-refractivity contribution in [3.8, 4) is 0 Å². The van der Waals surface area contributed by atoms with E-state index < -0.39 is 19.3 Å². The van der Waals surface area contributed by atoms with Crippen LogP contribution in [-0.4, -0.2) is 67.0 Å². The number of rotatable bonds is 9. The fourth-order valence-corrected chi connectivity index (χ4v) is 3.17. The van der Waals surface area contributed by atoms with Gasteiger partial charge < -0.3 is 23.7 Å². The Kier molecular flexibility index (Phi) is 7.62. The smallest absolute Gasteiger partial charge is 0.382 e. The van der Waals surface area contributed by atoms with Gasteiger partial charge in [0.2, 0.25) is 0 Å². The number of carbonyl (C=O) groups is 1. The van der Waals surface area contributed by atoms with Crippen LogP contribution >= 0.6 is 7.60 Å². The van der Waals surface area contributed by atoms with Crippen LogP contribution in [0.1, 0.15) is 13.3 Å². The first-order valence-corrected chi connectivity index (χ1v) is 7.90. The van der Waals surface area contributed by atoms with Crippen molar-refractivity contribution in [2.45, 2.75) is 19.1 Å². The molecule has 0 amide bonds. The molecule has 1 unspecified atom stereocenters. The van der Waals surface area contributed by atoms with Gasteiger partial charge in [-0.25, -0.2) is 4.79 Å². The van der Waals surface area contributed by atoms with Gasteiger partial charge in [0.25, 0.3) is 0 Å². The van der Waals surface area contributed by atoms with Gasteiger partial charge in [-0.1, -0.05) is 6.58 Å². The van der Waals surface area contributed by atoms with E-state index in [2.05, 4.69) is 6.58 Å². The molecule has 0 heterocycles. The van der Waals surface area contributed by atoms with Crippen molar-refractivity contribution in [3.05, 3.63) is 12.2 Å². The third kappa shape index (κ3) is 6.63. The second-order valence-corrected chi connectivity index (χ2v) is 7.04. The lowest BCUT2D eigenvalue weighted by Gasteiger charge is -2.37. The highest BCUT2D eigenvalue weighted by Crippen LogP contribution is 2.46. The molecule has 20 heavy (non-hydrogen) atoms. The SMILES string of the molecule is C=C(C)C(=O)OCC[N+](C)(C)C(CCOC)P(=O)(O)O. The van der Waals surface area contributed by atoms with Crippen LogP contribution in [0.4, 0.5) is 0 Å². The molecule has 0 saturated heterocycles. The Morgan fingerprint density at radius 3 is 2.30 bits per heavy atom. The summed E-state index contributed by atoms with van der Waals surface area (Å²) in [6, 6.07) is 0. The van der Waals surface area contributed by atoms with Gasteiger partial charge in [-0.15, -0.1) is 0 Å². The van der Waals surface area contributed by atoms with Crippen LogP contribution in [0, 0.1) is 0 Å². The van der Waals surface area contributed by atoms with Crippen molar-refractivity contribution in [1.29, 1.82) is 0 Å². The minimum atomic E-state index is -4.28. The van der Waals surface area contributed by atoms with E-state index in [4.69, 9.17) is 9.47 Å². The van der Waals surface area contributed by atoms with Crippen LogP contribution in [0.25, 0.3) is 0 Å². The fourth-order valence-electron chi connectivity index (χ4n) is 1.79. The summed E-state index contributed by atoms with van der Waals surface area (Å²) in [4.78, 5) is 30.2. The molecule has 0 saturated carbocycles. The van der Waals surface area contributed by atoms with E-state index in [0.29, 0.717) is 12.1 Å². The number of likely N-dealkylation sites (N-methyl/N-ethyl adjacent to an activating group) is 1. The predicted molar refractivity (Wildman–Crippen MR) is 75.1 cm³/mol. The maximum absolute atomic E-state index is 11.6. The van der Waals surface area contributed by atoms with E-state index in [0.717, 1.165) is 0 Å². The molecule has 0 aromatic heterocycles. The molecule has 8 heteroatoms. The van der Waals surface area contributed by atoms with E-state index >= 15 is 0 Å². The van der Waals surface area contributed by atoms with Crippen LogP contribution in [0.15, 0.2) is 12.2 Å². The molecule has 1 atom stereocenters. The molecule has 0 aliphatic heterocycles. The molecular formula is C12H25NO6P+. The number of esters is 1. The molecule has 0 aliphatic rings. The lowest BCUT2D eigenvalue weighted by atomic mass is 10.3. The number of carbonyl (C=O) groups excluding carboxylic acids is 1. The Bertz CT molecular complexity index is 389. The van der Waals surface area contributed by atoms with Crippen LogP contribution < -0.4 is 0 Å². The molecule has 0 aliphatic carbocycles. The van der Waals surface area contributed by atoms with Crippen molar-refractivity contribution >= 4 is 13.6 Å². The third-order valence-corrected chi connectivity index (χ3v) is 4.68. The summed E-state index contributed by atoms with van der Waals surface area (Å²) in [5, 5.41) is 0. The Morgan fingerprint density at radius 2 is 1.90 bits per heavy atom. The summed E-state index contributed by atoms with van der Waals surface area (Å²) in [6.07, 6.45) is 0.224. The first-order chi connectivity index (χ1) is 9.02. The van der Waals surface area contributed by atoms with Crippen LogP contribution in [-0.2, 0) is 18.8 Å². The second kappa shape index (κ2) is 7.90. The Balaban J connectivity index is 4.66. The molecule has 0 fully saturated rings. The van der Waals surface area contributed by atoms with Crippen LogP contribution in [0.5, 0.6) is 0 Å².